The Hall–Kier alpha value is -1.26. The summed E-state index contributed by atoms with van der Waals surface area (Å²) in [5.74, 6) is 1.55. The molecule has 40 heavy (non-hydrogen) atoms. The molecular formula is C32H58O8. The van der Waals surface area contributed by atoms with Gasteiger partial charge in [0, 0.05) is 0 Å². The number of hydrogen-bond donors (Lipinski definition) is 0. The molecule has 0 spiro atoms. The highest BCUT2D eigenvalue weighted by molar-refractivity contribution is 5.20. The van der Waals surface area contributed by atoms with Crippen LogP contribution in [0.5, 0.6) is 5.75 Å². The molecule has 8 nitrogen and oxygen atoms in total. The van der Waals surface area contributed by atoms with Crippen LogP contribution in [-0.4, -0.2) is 97.6 Å². The number of para-hydroxylation sites is 1. The van der Waals surface area contributed by atoms with E-state index in [1.807, 2.05) is 30.3 Å². The zero-order chi connectivity index (χ0) is 29.3. The first kappa shape index (κ1) is 36.8. The topological polar surface area (TPSA) is 73.8 Å². The molecule has 0 heterocycles. The highest BCUT2D eigenvalue weighted by Gasteiger charge is 2.41. The van der Waals surface area contributed by atoms with E-state index in [-0.39, 0.29) is 11.7 Å². The number of ether oxygens (including phenoxy) is 8. The van der Waals surface area contributed by atoms with Crippen LogP contribution in [0.25, 0.3) is 0 Å². The van der Waals surface area contributed by atoms with Crippen molar-refractivity contribution in [3.63, 3.8) is 0 Å². The van der Waals surface area contributed by atoms with E-state index >= 15 is 0 Å². The predicted octanol–water partition coefficient (Wildman–Crippen LogP) is 5.81. The van der Waals surface area contributed by atoms with Gasteiger partial charge in [-0.2, -0.15) is 0 Å². The second kappa shape index (κ2) is 24.3. The largest absolute Gasteiger partial charge is 0.491 e. The van der Waals surface area contributed by atoms with Crippen LogP contribution < -0.4 is 4.74 Å². The van der Waals surface area contributed by atoms with Crippen molar-refractivity contribution in [2.75, 3.05) is 85.9 Å². The fourth-order valence-electron chi connectivity index (χ4n) is 4.23. The van der Waals surface area contributed by atoms with Gasteiger partial charge in [0.2, 0.25) is 0 Å². The molecule has 8 heteroatoms. The van der Waals surface area contributed by atoms with E-state index in [1.54, 1.807) is 0 Å². The maximum absolute atomic E-state index is 6.55. The van der Waals surface area contributed by atoms with Gasteiger partial charge < -0.3 is 37.9 Å². The Balaban J connectivity index is 2.22. The lowest BCUT2D eigenvalue weighted by Crippen LogP contribution is -2.50. The maximum atomic E-state index is 6.55. The van der Waals surface area contributed by atoms with E-state index in [0.29, 0.717) is 97.7 Å². The highest BCUT2D eigenvalue weighted by atomic mass is 16.6. The Morgan fingerprint density at radius 2 is 1.02 bits per heavy atom. The summed E-state index contributed by atoms with van der Waals surface area (Å²) < 4.78 is 46.5. The molecule has 0 N–H and O–H groups in total. The molecule has 0 aliphatic heterocycles. The molecule has 0 aliphatic carbocycles. The van der Waals surface area contributed by atoms with E-state index in [0.717, 1.165) is 25.0 Å². The van der Waals surface area contributed by atoms with Crippen LogP contribution in [0.1, 0.15) is 60.8 Å². The average molecular weight is 571 g/mol. The second-order valence-electron chi connectivity index (χ2n) is 10.2. The van der Waals surface area contributed by atoms with Gasteiger partial charge in [-0.15, -0.1) is 0 Å². The van der Waals surface area contributed by atoms with Crippen molar-refractivity contribution in [3.05, 3.63) is 30.3 Å². The summed E-state index contributed by atoms with van der Waals surface area (Å²) >= 11 is 0. The van der Waals surface area contributed by atoms with Crippen LogP contribution in [0.3, 0.4) is 0 Å². The molecule has 0 saturated carbocycles. The van der Waals surface area contributed by atoms with Crippen LogP contribution in [0.15, 0.2) is 30.3 Å². The Morgan fingerprint density at radius 3 is 1.55 bits per heavy atom. The number of rotatable bonds is 28. The predicted molar refractivity (Wildman–Crippen MR) is 159 cm³/mol. The van der Waals surface area contributed by atoms with Crippen molar-refractivity contribution >= 4 is 0 Å². The quantitative estimate of drug-likeness (QED) is 0.117. The number of benzene rings is 1. The summed E-state index contributed by atoms with van der Waals surface area (Å²) in [6, 6.07) is 9.74. The summed E-state index contributed by atoms with van der Waals surface area (Å²) in [5, 5.41) is 0. The minimum Gasteiger partial charge on any atom is -0.491 e. The zero-order valence-corrected chi connectivity index (χ0v) is 26.2. The van der Waals surface area contributed by atoms with Crippen LogP contribution in [0.2, 0.25) is 0 Å². The fraction of sp³-hybridized carbons (Fsp3) is 0.812. The summed E-state index contributed by atoms with van der Waals surface area (Å²) in [4.78, 5) is 0. The van der Waals surface area contributed by atoms with Gasteiger partial charge in [-0.3, -0.25) is 0 Å². The Bertz CT molecular complexity index is 664. The van der Waals surface area contributed by atoms with Gasteiger partial charge in [0.05, 0.1) is 91.0 Å². The van der Waals surface area contributed by atoms with Crippen LogP contribution in [-0.2, 0) is 33.2 Å². The van der Waals surface area contributed by atoms with Gasteiger partial charge >= 0.3 is 0 Å². The lowest BCUT2D eigenvalue weighted by Gasteiger charge is -2.43. The van der Waals surface area contributed by atoms with Crippen LogP contribution >= 0.6 is 0 Å². The molecule has 0 amide bonds. The highest BCUT2D eigenvalue weighted by Crippen LogP contribution is 2.35. The third kappa shape index (κ3) is 16.2. The Labute approximate surface area is 244 Å². The van der Waals surface area contributed by atoms with Gasteiger partial charge in [-0.25, -0.2) is 0 Å². The van der Waals surface area contributed by atoms with E-state index < -0.39 is 0 Å². The van der Waals surface area contributed by atoms with E-state index in [4.69, 9.17) is 37.9 Å². The maximum Gasteiger partial charge on any atom is 0.119 e. The van der Waals surface area contributed by atoms with E-state index in [1.165, 1.54) is 0 Å². The Morgan fingerprint density at radius 1 is 0.550 bits per heavy atom. The third-order valence-corrected chi connectivity index (χ3v) is 7.38. The summed E-state index contributed by atoms with van der Waals surface area (Å²) in [5.41, 5.74) is -0.363. The molecule has 234 valence electrons. The first-order chi connectivity index (χ1) is 19.5. The number of hydrogen-bond acceptors (Lipinski definition) is 8. The standard InChI is InChI=1S/C32H58O8/c1-7-28(4)32(29(5)8-2,40-26-23-36-18-17-34-21-24-38-30(6)9-3)27-37-20-19-33-15-16-35-22-25-39-31-13-11-10-12-14-31/h10-14,28-30H,7-9,15-27H2,1-6H3. The van der Waals surface area contributed by atoms with Gasteiger partial charge in [0.15, 0.2) is 0 Å². The molecule has 1 rings (SSSR count). The SMILES string of the molecule is CCC(C)OCCOCCOCCOC(COCCOCCOCCOc1ccccc1)(C(C)CC)C(C)CC. The van der Waals surface area contributed by atoms with Gasteiger partial charge in [0.1, 0.15) is 12.4 Å². The van der Waals surface area contributed by atoms with Crippen molar-refractivity contribution in [2.45, 2.75) is 72.5 Å². The van der Waals surface area contributed by atoms with E-state index in [9.17, 15) is 0 Å². The zero-order valence-electron chi connectivity index (χ0n) is 26.2. The summed E-state index contributed by atoms with van der Waals surface area (Å²) in [6.45, 7) is 20.1. The third-order valence-electron chi connectivity index (χ3n) is 7.38. The average Bonchev–Trinajstić information content (AvgIpc) is 2.99. The van der Waals surface area contributed by atoms with Gasteiger partial charge in [-0.05, 0) is 37.3 Å². The Kier molecular flexibility index (Phi) is 22.4. The molecule has 3 unspecified atom stereocenters. The minimum atomic E-state index is -0.363. The van der Waals surface area contributed by atoms with Crippen molar-refractivity contribution in [1.82, 2.24) is 0 Å². The van der Waals surface area contributed by atoms with Gasteiger partial charge in [-0.1, -0.05) is 65.7 Å². The molecule has 0 bridgehead atoms. The lowest BCUT2D eigenvalue weighted by molar-refractivity contribution is -0.170. The van der Waals surface area contributed by atoms with Gasteiger partial charge in [0.25, 0.3) is 0 Å². The van der Waals surface area contributed by atoms with Crippen molar-refractivity contribution < 1.29 is 37.9 Å². The van der Waals surface area contributed by atoms with Crippen molar-refractivity contribution in [3.8, 4) is 5.75 Å². The molecule has 0 aliphatic rings. The molecule has 1 aromatic rings. The summed E-state index contributed by atoms with van der Waals surface area (Å²) in [7, 11) is 0. The van der Waals surface area contributed by atoms with Crippen molar-refractivity contribution in [2.24, 2.45) is 11.8 Å². The molecule has 0 fully saturated rings. The second-order valence-corrected chi connectivity index (χ2v) is 10.2. The molecule has 1 aromatic carbocycles. The normalized spacial score (nSPS) is 15.4. The summed E-state index contributed by atoms with van der Waals surface area (Å²) in [6.07, 6.45) is 3.32. The molecule has 0 radical (unpaired) electrons. The molecular weight excluding hydrogens is 512 g/mol. The molecule has 0 saturated heterocycles. The van der Waals surface area contributed by atoms with Crippen molar-refractivity contribution in [1.29, 1.82) is 0 Å². The van der Waals surface area contributed by atoms with Crippen LogP contribution in [0, 0.1) is 11.8 Å². The minimum absolute atomic E-state index is 0.279. The monoisotopic (exact) mass is 570 g/mol. The lowest BCUT2D eigenvalue weighted by atomic mass is 9.76. The van der Waals surface area contributed by atoms with Crippen LogP contribution in [0.4, 0.5) is 0 Å². The molecule has 0 aromatic heterocycles. The van der Waals surface area contributed by atoms with E-state index in [2.05, 4.69) is 41.5 Å². The smallest absolute Gasteiger partial charge is 0.119 e. The first-order valence-electron chi connectivity index (χ1n) is 15.3. The fourth-order valence-corrected chi connectivity index (χ4v) is 4.23. The molecule has 3 atom stereocenters. The first-order valence-corrected chi connectivity index (χ1v) is 15.3.